The number of hydrogen-bond acceptors (Lipinski definition) is 2. The van der Waals surface area contributed by atoms with E-state index in [0.29, 0.717) is 0 Å². The molecular weight excluding hydrogens is 303 g/mol. The lowest BCUT2D eigenvalue weighted by molar-refractivity contribution is -0.112. The third-order valence-electron chi connectivity index (χ3n) is 4.59. The molecule has 0 radical (unpaired) electrons. The van der Waals surface area contributed by atoms with E-state index < -0.39 is 7.92 Å². The van der Waals surface area contributed by atoms with Crippen molar-refractivity contribution in [2.75, 3.05) is 0 Å². The molecule has 0 amide bonds. The van der Waals surface area contributed by atoms with Crippen LogP contribution in [0.4, 0.5) is 0 Å². The maximum atomic E-state index is 11.6. The minimum absolute atomic E-state index is 0.0962. The summed E-state index contributed by atoms with van der Waals surface area (Å²) in [6.45, 7) is 7.49. The molecule has 3 heteroatoms. The van der Waals surface area contributed by atoms with Crippen molar-refractivity contribution >= 4 is 19.0 Å². The lowest BCUT2D eigenvalue weighted by Gasteiger charge is -2.18. The molecule has 0 bridgehead atoms. The molecule has 0 rings (SSSR count). The zero-order chi connectivity index (χ0) is 17.5. The van der Waals surface area contributed by atoms with Crippen molar-refractivity contribution in [1.82, 2.24) is 0 Å². The van der Waals surface area contributed by atoms with Crippen LogP contribution >= 0.6 is 7.92 Å². The molecule has 0 saturated heterocycles. The standard InChI is InChI=1S/C20H39O2P/c1-5-6-7-8-9-10-11-12-13-14-15-16-17-18(2)23(19(3)21)20(4)22/h18H,5-17H2,1-4H3. The average molecular weight is 343 g/mol. The lowest BCUT2D eigenvalue weighted by Crippen LogP contribution is -2.10. The van der Waals surface area contributed by atoms with E-state index in [9.17, 15) is 9.59 Å². The van der Waals surface area contributed by atoms with Gasteiger partial charge in [0.25, 0.3) is 0 Å². The van der Waals surface area contributed by atoms with E-state index in [1.54, 1.807) is 13.8 Å². The quantitative estimate of drug-likeness (QED) is 0.223. The van der Waals surface area contributed by atoms with E-state index >= 15 is 0 Å². The molecular formula is C20H39O2P. The van der Waals surface area contributed by atoms with Gasteiger partial charge in [0, 0.05) is 7.92 Å². The van der Waals surface area contributed by atoms with E-state index in [1.165, 1.54) is 70.6 Å². The van der Waals surface area contributed by atoms with Crippen LogP contribution in [0.3, 0.4) is 0 Å². The largest absolute Gasteiger partial charge is 0.294 e. The molecule has 0 aliphatic rings. The van der Waals surface area contributed by atoms with Gasteiger partial charge in [-0.2, -0.15) is 0 Å². The van der Waals surface area contributed by atoms with Gasteiger partial charge in [-0.3, -0.25) is 9.59 Å². The molecule has 0 heterocycles. The van der Waals surface area contributed by atoms with Crippen LogP contribution in [0.2, 0.25) is 0 Å². The highest BCUT2D eigenvalue weighted by atomic mass is 31.1. The first-order chi connectivity index (χ1) is 11.0. The Kier molecular flexibility index (Phi) is 15.2. The van der Waals surface area contributed by atoms with Gasteiger partial charge in [-0.25, -0.2) is 0 Å². The molecule has 0 aromatic carbocycles. The third kappa shape index (κ3) is 12.8. The Bertz CT molecular complexity index is 301. The predicted molar refractivity (Wildman–Crippen MR) is 103 cm³/mol. The summed E-state index contributed by atoms with van der Waals surface area (Å²) in [4.78, 5) is 23.1. The van der Waals surface area contributed by atoms with Crippen LogP contribution < -0.4 is 0 Å². The zero-order valence-electron chi connectivity index (χ0n) is 16.0. The topological polar surface area (TPSA) is 34.1 Å². The molecule has 23 heavy (non-hydrogen) atoms. The molecule has 0 aliphatic carbocycles. The summed E-state index contributed by atoms with van der Waals surface area (Å²) in [5, 5.41) is 0. The SMILES string of the molecule is CCCCCCCCCCCCCCC(C)P(C(C)=O)C(C)=O. The van der Waals surface area contributed by atoms with Crippen LogP contribution in [0.5, 0.6) is 0 Å². The highest BCUT2D eigenvalue weighted by molar-refractivity contribution is 7.89. The van der Waals surface area contributed by atoms with Gasteiger partial charge < -0.3 is 0 Å². The molecule has 2 nitrogen and oxygen atoms in total. The van der Waals surface area contributed by atoms with E-state index in [4.69, 9.17) is 0 Å². The highest BCUT2D eigenvalue weighted by Gasteiger charge is 2.25. The normalized spacial score (nSPS) is 12.6. The minimum atomic E-state index is -1.06. The molecule has 0 spiro atoms. The summed E-state index contributed by atoms with van der Waals surface area (Å²) in [5.74, 6) is 0. The van der Waals surface area contributed by atoms with Gasteiger partial charge >= 0.3 is 0 Å². The van der Waals surface area contributed by atoms with Crippen LogP contribution in [-0.2, 0) is 9.59 Å². The average Bonchev–Trinajstić information content (AvgIpc) is 2.47. The Morgan fingerprint density at radius 3 is 1.39 bits per heavy atom. The number of hydrogen-bond donors (Lipinski definition) is 0. The maximum absolute atomic E-state index is 11.6. The van der Waals surface area contributed by atoms with Crippen molar-refractivity contribution in [3.63, 3.8) is 0 Å². The molecule has 1 unspecified atom stereocenters. The summed E-state index contributed by atoms with van der Waals surface area (Å²) < 4.78 is 0. The van der Waals surface area contributed by atoms with E-state index in [1.807, 2.05) is 0 Å². The fourth-order valence-electron chi connectivity index (χ4n) is 3.25. The second kappa shape index (κ2) is 15.3. The maximum Gasteiger partial charge on any atom is 0.159 e. The molecule has 1 atom stereocenters. The van der Waals surface area contributed by atoms with Crippen molar-refractivity contribution in [3.05, 3.63) is 0 Å². The van der Waals surface area contributed by atoms with Crippen molar-refractivity contribution in [2.45, 2.75) is 117 Å². The molecule has 0 aliphatic heterocycles. The van der Waals surface area contributed by atoms with Crippen molar-refractivity contribution in [1.29, 1.82) is 0 Å². The summed E-state index contributed by atoms with van der Waals surface area (Å²) >= 11 is 0. The van der Waals surface area contributed by atoms with Gasteiger partial charge in [0.15, 0.2) is 11.0 Å². The van der Waals surface area contributed by atoms with Gasteiger partial charge in [0.2, 0.25) is 0 Å². The Balaban J connectivity index is 3.45. The smallest absolute Gasteiger partial charge is 0.159 e. The molecule has 136 valence electrons. The van der Waals surface area contributed by atoms with E-state index in [-0.39, 0.29) is 16.7 Å². The van der Waals surface area contributed by atoms with E-state index in [2.05, 4.69) is 13.8 Å². The second-order valence-electron chi connectivity index (χ2n) is 6.93. The summed E-state index contributed by atoms with van der Waals surface area (Å²) in [6, 6.07) is 0. The fraction of sp³-hybridized carbons (Fsp3) is 0.900. The van der Waals surface area contributed by atoms with Gasteiger partial charge in [-0.15, -0.1) is 0 Å². The molecule has 0 aromatic rings. The van der Waals surface area contributed by atoms with Crippen molar-refractivity contribution in [2.24, 2.45) is 0 Å². The van der Waals surface area contributed by atoms with Crippen LogP contribution in [0.15, 0.2) is 0 Å². The summed E-state index contributed by atoms with van der Waals surface area (Å²) in [6.07, 6.45) is 17.2. The Morgan fingerprint density at radius 2 is 1.04 bits per heavy atom. The first-order valence-corrected chi connectivity index (χ1v) is 11.2. The molecule has 0 N–H and O–H groups in total. The number of carbonyl (C=O) groups excluding carboxylic acids is 2. The monoisotopic (exact) mass is 342 g/mol. The molecule has 0 saturated carbocycles. The predicted octanol–water partition coefficient (Wildman–Crippen LogP) is 7.04. The summed E-state index contributed by atoms with van der Waals surface area (Å²) in [7, 11) is -1.06. The fourth-order valence-corrected chi connectivity index (χ4v) is 5.38. The first kappa shape index (κ1) is 22.8. The van der Waals surface area contributed by atoms with Gasteiger partial charge in [-0.05, 0) is 25.9 Å². The van der Waals surface area contributed by atoms with Crippen LogP contribution in [-0.4, -0.2) is 16.7 Å². The second-order valence-corrected chi connectivity index (χ2v) is 9.82. The van der Waals surface area contributed by atoms with Crippen LogP contribution in [0.1, 0.15) is 111 Å². The number of rotatable bonds is 16. The Hall–Kier alpha value is -0.230. The number of carbonyl (C=O) groups is 2. The van der Waals surface area contributed by atoms with Crippen molar-refractivity contribution in [3.8, 4) is 0 Å². The van der Waals surface area contributed by atoms with Crippen molar-refractivity contribution < 1.29 is 9.59 Å². The van der Waals surface area contributed by atoms with Crippen LogP contribution in [0.25, 0.3) is 0 Å². The number of unbranched alkanes of at least 4 members (excludes halogenated alkanes) is 11. The minimum Gasteiger partial charge on any atom is -0.294 e. The third-order valence-corrected chi connectivity index (χ3v) is 7.09. The first-order valence-electron chi connectivity index (χ1n) is 9.81. The molecule has 0 fully saturated rings. The lowest BCUT2D eigenvalue weighted by atomic mass is 10.0. The van der Waals surface area contributed by atoms with Gasteiger partial charge in [0.05, 0.1) is 0 Å². The van der Waals surface area contributed by atoms with Gasteiger partial charge in [0.1, 0.15) is 0 Å². The Morgan fingerprint density at radius 1 is 0.696 bits per heavy atom. The van der Waals surface area contributed by atoms with Gasteiger partial charge in [-0.1, -0.05) is 90.9 Å². The van der Waals surface area contributed by atoms with E-state index in [0.717, 1.165) is 12.8 Å². The van der Waals surface area contributed by atoms with Crippen LogP contribution in [0, 0.1) is 0 Å². The summed E-state index contributed by atoms with van der Waals surface area (Å²) in [5.41, 5.74) is 0.459. The Labute approximate surface area is 145 Å². The zero-order valence-corrected chi connectivity index (χ0v) is 16.9. The highest BCUT2D eigenvalue weighted by Crippen LogP contribution is 2.44. The molecule has 0 aromatic heterocycles.